The molecule has 9 amide bonds. The lowest BCUT2D eigenvalue weighted by Crippen LogP contribution is -2.56. The summed E-state index contributed by atoms with van der Waals surface area (Å²) in [6, 6.07) is 10.4. The topological polar surface area (TPSA) is 315 Å². The number of amides is 9. The predicted octanol–water partition coefficient (Wildman–Crippen LogP) is -2.69. The summed E-state index contributed by atoms with van der Waals surface area (Å²) >= 11 is 0. The van der Waals surface area contributed by atoms with Crippen LogP contribution in [0.2, 0.25) is 0 Å². The molecule has 1 unspecified atom stereocenters. The monoisotopic (exact) mass is 813 g/mol. The fourth-order valence-corrected chi connectivity index (χ4v) is 6.14. The number of nitrogens with zero attached hydrogens (tertiary/aromatic N) is 1. The number of rotatable bonds is 8. The van der Waals surface area contributed by atoms with Gasteiger partial charge in [0.1, 0.15) is 24.2 Å². The molecule has 20 heteroatoms. The van der Waals surface area contributed by atoms with Gasteiger partial charge in [-0.05, 0) is 48.6 Å². The van der Waals surface area contributed by atoms with Crippen LogP contribution >= 0.6 is 0 Å². The van der Waals surface area contributed by atoms with Gasteiger partial charge >= 0.3 is 0 Å². The molecule has 1 saturated heterocycles. The predicted molar refractivity (Wildman–Crippen MR) is 210 cm³/mol. The van der Waals surface area contributed by atoms with E-state index in [9.17, 15) is 48.4 Å². The maximum Gasteiger partial charge on any atom is 0.243 e. The molecule has 1 aliphatic rings. The molecule has 59 heavy (non-hydrogen) atoms. The number of benzene rings is 2. The molecule has 0 aliphatic carbocycles. The summed E-state index contributed by atoms with van der Waals surface area (Å²) in [5.74, 6) is -6.61. The minimum atomic E-state index is -1.32. The van der Waals surface area contributed by atoms with Crippen LogP contribution in [0.5, 0.6) is 0 Å². The number of carbonyl (C=O) groups excluding carboxylic acids is 9. The van der Waals surface area contributed by atoms with E-state index in [1.54, 1.807) is 18.3 Å². The maximum absolute atomic E-state index is 13.7. The molecular formula is C39H47N11O9. The zero-order valence-electron chi connectivity index (χ0n) is 32.3. The Hall–Kier alpha value is -7.30. The Morgan fingerprint density at radius 2 is 1.46 bits per heavy atom. The summed E-state index contributed by atoms with van der Waals surface area (Å²) in [7, 11) is 0. The van der Waals surface area contributed by atoms with Gasteiger partial charge in [0.2, 0.25) is 53.2 Å². The maximum atomic E-state index is 13.7. The van der Waals surface area contributed by atoms with Crippen molar-refractivity contribution in [3.8, 4) is 6.07 Å². The van der Waals surface area contributed by atoms with Crippen molar-refractivity contribution < 1.29 is 43.2 Å². The first-order valence-corrected chi connectivity index (χ1v) is 18.8. The molecule has 4 rings (SSSR count). The molecule has 1 fully saturated rings. The van der Waals surface area contributed by atoms with E-state index < -0.39 is 97.0 Å². The van der Waals surface area contributed by atoms with Gasteiger partial charge in [-0.3, -0.25) is 43.2 Å². The van der Waals surface area contributed by atoms with E-state index in [0.717, 1.165) is 10.9 Å². The van der Waals surface area contributed by atoms with Gasteiger partial charge in [0.05, 0.1) is 31.3 Å². The van der Waals surface area contributed by atoms with Gasteiger partial charge in [-0.1, -0.05) is 30.3 Å². The average molecular weight is 814 g/mol. The lowest BCUT2D eigenvalue weighted by molar-refractivity contribution is -0.133. The number of hydrogen-bond donors (Lipinski definition) is 10. The van der Waals surface area contributed by atoms with Gasteiger partial charge in [-0.15, -0.1) is 0 Å². The smallest absolute Gasteiger partial charge is 0.243 e. The molecule has 20 nitrogen and oxygen atoms in total. The highest BCUT2D eigenvalue weighted by atomic mass is 16.2. The molecule has 1 aliphatic heterocycles. The molecule has 0 spiro atoms. The summed E-state index contributed by atoms with van der Waals surface area (Å²) in [5.41, 5.74) is 7.97. The van der Waals surface area contributed by atoms with Crippen LogP contribution in [-0.2, 0) is 56.0 Å². The largest absolute Gasteiger partial charge is 0.368 e. The molecule has 312 valence electrons. The molecular weight excluding hydrogens is 766 g/mol. The number of fused-ring (bicyclic) bond motifs is 1. The third kappa shape index (κ3) is 14.3. The van der Waals surface area contributed by atoms with Crippen molar-refractivity contribution in [1.29, 1.82) is 5.26 Å². The molecule has 0 radical (unpaired) electrons. The summed E-state index contributed by atoms with van der Waals surface area (Å²) < 4.78 is 0. The van der Waals surface area contributed by atoms with E-state index >= 15 is 0 Å². The third-order valence-corrected chi connectivity index (χ3v) is 9.23. The van der Waals surface area contributed by atoms with Crippen LogP contribution in [0.4, 0.5) is 0 Å². The fraction of sp³-hybridized carbons (Fsp3) is 0.385. The number of aromatic nitrogens is 1. The van der Waals surface area contributed by atoms with E-state index in [2.05, 4.69) is 47.5 Å². The first-order chi connectivity index (χ1) is 28.2. The zero-order chi connectivity index (χ0) is 42.9. The van der Waals surface area contributed by atoms with E-state index in [-0.39, 0.29) is 45.1 Å². The average Bonchev–Trinajstić information content (AvgIpc) is 3.62. The summed E-state index contributed by atoms with van der Waals surface area (Å²) in [6.07, 6.45) is 1.28. The Kier molecular flexibility index (Phi) is 16.5. The Labute approximate surface area is 338 Å². The van der Waals surface area contributed by atoms with Crippen molar-refractivity contribution in [3.63, 3.8) is 0 Å². The molecule has 0 bridgehead atoms. The van der Waals surface area contributed by atoms with Crippen molar-refractivity contribution in [2.45, 2.75) is 69.6 Å². The van der Waals surface area contributed by atoms with E-state index in [1.807, 2.05) is 30.3 Å². The van der Waals surface area contributed by atoms with E-state index in [1.165, 1.54) is 19.1 Å². The number of hydrogen-bond acceptors (Lipinski definition) is 10. The van der Waals surface area contributed by atoms with Crippen LogP contribution in [0.1, 0.15) is 49.3 Å². The number of carbonyl (C=O) groups is 9. The second-order valence-electron chi connectivity index (χ2n) is 13.8. The minimum Gasteiger partial charge on any atom is -0.368 e. The number of primary amides is 1. The lowest BCUT2D eigenvalue weighted by Gasteiger charge is -2.23. The van der Waals surface area contributed by atoms with Crippen LogP contribution in [0.25, 0.3) is 10.9 Å². The molecule has 2 aromatic carbocycles. The number of nitrogens with one attached hydrogen (secondary N) is 9. The number of H-pyrrole nitrogens is 1. The van der Waals surface area contributed by atoms with E-state index in [0.29, 0.717) is 16.7 Å². The van der Waals surface area contributed by atoms with Crippen molar-refractivity contribution in [1.82, 2.24) is 47.5 Å². The quantitative estimate of drug-likeness (QED) is 0.112. The van der Waals surface area contributed by atoms with Gasteiger partial charge in [0.25, 0.3) is 0 Å². The zero-order valence-corrected chi connectivity index (χ0v) is 32.3. The van der Waals surface area contributed by atoms with Crippen LogP contribution in [0.3, 0.4) is 0 Å². The normalized spacial score (nSPS) is 20.6. The Bertz CT molecular complexity index is 2090. The van der Waals surface area contributed by atoms with Crippen molar-refractivity contribution in [2.24, 2.45) is 5.73 Å². The minimum absolute atomic E-state index is 0.0110. The van der Waals surface area contributed by atoms with Crippen LogP contribution in [-0.4, -0.2) is 108 Å². The standard InChI is InChI=1S/C39H47N11O9/c1-22(51)43-19-33(53)47-29-12-13-32(52)42-14-4-7-28(36(41)56)50-39(59)31(16-25-18-44-27-6-3-2-5-26(25)27)49-35(55)21-46-38(58)30(48-34(54)20-45-37(29)57)15-23-8-10-24(17-40)11-9-23/h2-3,5-6,8-11,18,28-31,44H,4,7,12-16,19-21H2,1H3,(H2,41,56)(H,42,52)(H,43,51)(H,45,57)(H,46,58)(H,47,53)(H,48,54)(H,49,55)(H,50,59)/t28?,29-,30+,31-/m0/s1. The summed E-state index contributed by atoms with van der Waals surface area (Å²) in [4.78, 5) is 119. The van der Waals surface area contributed by atoms with Crippen molar-refractivity contribution >= 4 is 64.1 Å². The van der Waals surface area contributed by atoms with Gasteiger partial charge in [-0.2, -0.15) is 5.26 Å². The molecule has 3 aromatic rings. The Balaban J connectivity index is 1.59. The molecule has 2 heterocycles. The number of para-hydroxylation sites is 1. The van der Waals surface area contributed by atoms with Gasteiger partial charge in [-0.25, -0.2) is 0 Å². The van der Waals surface area contributed by atoms with Crippen molar-refractivity contribution in [3.05, 3.63) is 71.4 Å². The molecule has 11 N–H and O–H groups in total. The molecule has 4 atom stereocenters. The highest BCUT2D eigenvalue weighted by Gasteiger charge is 2.29. The summed E-state index contributed by atoms with van der Waals surface area (Å²) in [5, 5.41) is 29.9. The van der Waals surface area contributed by atoms with Gasteiger partial charge in [0.15, 0.2) is 0 Å². The summed E-state index contributed by atoms with van der Waals surface area (Å²) in [6.45, 7) is -0.515. The highest BCUT2D eigenvalue weighted by Crippen LogP contribution is 2.19. The van der Waals surface area contributed by atoms with Crippen LogP contribution in [0.15, 0.2) is 54.7 Å². The number of nitrogens with two attached hydrogens (primary N) is 1. The van der Waals surface area contributed by atoms with Gasteiger partial charge < -0.3 is 53.3 Å². The lowest BCUT2D eigenvalue weighted by atomic mass is 10.0. The number of aromatic amines is 1. The van der Waals surface area contributed by atoms with Crippen molar-refractivity contribution in [2.75, 3.05) is 26.2 Å². The first kappa shape index (κ1) is 44.4. The second kappa shape index (κ2) is 21.9. The first-order valence-electron chi connectivity index (χ1n) is 18.8. The SMILES string of the molecule is CC(=O)NCC(=O)N[C@H]1CCC(=O)NCCCC(C(N)=O)NC(=O)[C@H](Cc2c[nH]c3ccccc23)NC(=O)CNC(=O)[C@@H](Cc2ccc(C#N)cc2)NC(=O)CNC1=O. The highest BCUT2D eigenvalue weighted by molar-refractivity contribution is 5.96. The molecule has 0 saturated carbocycles. The van der Waals surface area contributed by atoms with Crippen LogP contribution < -0.4 is 48.3 Å². The Morgan fingerprint density at radius 1 is 0.797 bits per heavy atom. The van der Waals surface area contributed by atoms with E-state index in [4.69, 9.17) is 5.73 Å². The third-order valence-electron chi connectivity index (χ3n) is 9.23. The fourth-order valence-electron chi connectivity index (χ4n) is 6.14. The second-order valence-corrected chi connectivity index (χ2v) is 13.8. The van der Waals surface area contributed by atoms with Gasteiger partial charge in [0, 0.05) is 49.8 Å². The Morgan fingerprint density at radius 3 is 2.12 bits per heavy atom. The van der Waals surface area contributed by atoms with Crippen LogP contribution in [0, 0.1) is 11.3 Å². The number of nitriles is 1. The molecule has 1 aromatic heterocycles.